The molecule has 0 bridgehead atoms. The number of anilines is 1. The Kier molecular flexibility index (Phi) is 4.74. The van der Waals surface area contributed by atoms with Crippen LogP contribution in [0.5, 0.6) is 0 Å². The fourth-order valence-corrected chi connectivity index (χ4v) is 1.70. The highest BCUT2D eigenvalue weighted by Gasteiger charge is 2.20. The Labute approximate surface area is 119 Å². The number of hydrogen-bond donors (Lipinski definition) is 2. The molecule has 0 aliphatic carbocycles. The van der Waals surface area contributed by atoms with Gasteiger partial charge in [0.05, 0.1) is 0 Å². The first kappa shape index (κ1) is 15.7. The van der Waals surface area contributed by atoms with Crippen LogP contribution in [0.4, 0.5) is 5.82 Å². The molecule has 0 saturated carbocycles. The molecule has 1 atom stereocenters. The SMILES string of the molecule is Cc1nc(Cl)c(C)c(NC(C)C(=O)NC(C)(C)C)n1. The number of aromatic nitrogens is 2. The summed E-state index contributed by atoms with van der Waals surface area (Å²) >= 11 is 6.00. The second kappa shape index (κ2) is 5.74. The molecule has 1 aromatic rings. The van der Waals surface area contributed by atoms with Crippen molar-refractivity contribution in [3.8, 4) is 0 Å². The molecule has 0 aliphatic heterocycles. The van der Waals surface area contributed by atoms with E-state index in [1.54, 1.807) is 13.8 Å². The zero-order chi connectivity index (χ0) is 14.8. The smallest absolute Gasteiger partial charge is 0.242 e. The highest BCUT2D eigenvalue weighted by atomic mass is 35.5. The molecule has 0 fully saturated rings. The predicted molar refractivity (Wildman–Crippen MR) is 77.5 cm³/mol. The molecular formula is C13H21ClN4O. The highest BCUT2D eigenvalue weighted by Crippen LogP contribution is 2.20. The van der Waals surface area contributed by atoms with Crippen LogP contribution in [0.2, 0.25) is 5.15 Å². The van der Waals surface area contributed by atoms with E-state index < -0.39 is 6.04 Å². The van der Waals surface area contributed by atoms with Crippen molar-refractivity contribution in [2.24, 2.45) is 0 Å². The summed E-state index contributed by atoms with van der Waals surface area (Å²) in [6, 6.07) is -0.400. The normalized spacial score (nSPS) is 13.0. The Morgan fingerprint density at radius 1 is 1.26 bits per heavy atom. The Hall–Kier alpha value is -1.36. The van der Waals surface area contributed by atoms with Gasteiger partial charge in [-0.3, -0.25) is 4.79 Å². The van der Waals surface area contributed by atoms with Crippen molar-refractivity contribution in [3.05, 3.63) is 16.5 Å². The van der Waals surface area contributed by atoms with Gasteiger partial charge in [0, 0.05) is 11.1 Å². The first-order chi connectivity index (χ1) is 8.60. The molecule has 0 aliphatic rings. The lowest BCUT2D eigenvalue weighted by Gasteiger charge is -2.24. The number of halogens is 1. The molecule has 6 heteroatoms. The van der Waals surface area contributed by atoms with Gasteiger partial charge in [-0.05, 0) is 41.5 Å². The van der Waals surface area contributed by atoms with E-state index in [1.165, 1.54) is 0 Å². The molecule has 5 nitrogen and oxygen atoms in total. The van der Waals surface area contributed by atoms with E-state index in [4.69, 9.17) is 11.6 Å². The van der Waals surface area contributed by atoms with Gasteiger partial charge in [-0.25, -0.2) is 9.97 Å². The first-order valence-electron chi connectivity index (χ1n) is 6.19. The topological polar surface area (TPSA) is 66.9 Å². The fraction of sp³-hybridized carbons (Fsp3) is 0.615. The van der Waals surface area contributed by atoms with Crippen molar-refractivity contribution in [1.82, 2.24) is 15.3 Å². The highest BCUT2D eigenvalue weighted by molar-refractivity contribution is 6.30. The van der Waals surface area contributed by atoms with Crippen LogP contribution in [0.3, 0.4) is 0 Å². The van der Waals surface area contributed by atoms with Gasteiger partial charge in [0.2, 0.25) is 5.91 Å². The number of amides is 1. The molecular weight excluding hydrogens is 264 g/mol. The van der Waals surface area contributed by atoms with Crippen molar-refractivity contribution < 1.29 is 4.79 Å². The summed E-state index contributed by atoms with van der Waals surface area (Å²) in [6.07, 6.45) is 0. The van der Waals surface area contributed by atoms with Gasteiger partial charge >= 0.3 is 0 Å². The predicted octanol–water partition coefficient (Wildman–Crippen LogP) is 2.46. The van der Waals surface area contributed by atoms with E-state index in [9.17, 15) is 4.79 Å². The van der Waals surface area contributed by atoms with Gasteiger partial charge in [0.15, 0.2) is 0 Å². The van der Waals surface area contributed by atoms with Crippen LogP contribution in [0.25, 0.3) is 0 Å². The van der Waals surface area contributed by atoms with E-state index in [2.05, 4.69) is 20.6 Å². The molecule has 0 spiro atoms. The second-order valence-corrected chi connectivity index (χ2v) is 6.00. The molecule has 1 aromatic heterocycles. The number of nitrogens with zero attached hydrogens (tertiary/aromatic N) is 2. The van der Waals surface area contributed by atoms with E-state index >= 15 is 0 Å². The maximum atomic E-state index is 12.0. The first-order valence-corrected chi connectivity index (χ1v) is 6.57. The zero-order valence-electron chi connectivity index (χ0n) is 12.3. The van der Waals surface area contributed by atoms with Gasteiger partial charge < -0.3 is 10.6 Å². The summed E-state index contributed by atoms with van der Waals surface area (Å²) in [5, 5.41) is 6.38. The Morgan fingerprint density at radius 3 is 2.37 bits per heavy atom. The monoisotopic (exact) mass is 284 g/mol. The van der Waals surface area contributed by atoms with Gasteiger partial charge in [-0.2, -0.15) is 0 Å². The lowest BCUT2D eigenvalue weighted by Crippen LogP contribution is -2.47. The number of carbonyl (C=O) groups is 1. The lowest BCUT2D eigenvalue weighted by molar-refractivity contribution is -0.122. The lowest BCUT2D eigenvalue weighted by atomic mass is 10.1. The molecule has 1 rings (SSSR count). The minimum atomic E-state index is -0.400. The molecule has 19 heavy (non-hydrogen) atoms. The summed E-state index contributed by atoms with van der Waals surface area (Å²) in [6.45, 7) is 11.2. The second-order valence-electron chi connectivity index (χ2n) is 5.64. The maximum absolute atomic E-state index is 12.0. The number of carbonyl (C=O) groups excluding carboxylic acids is 1. The minimum Gasteiger partial charge on any atom is -0.358 e. The summed E-state index contributed by atoms with van der Waals surface area (Å²) in [5.74, 6) is 1.08. The summed E-state index contributed by atoms with van der Waals surface area (Å²) < 4.78 is 0. The van der Waals surface area contributed by atoms with E-state index in [1.807, 2.05) is 27.7 Å². The molecule has 0 aromatic carbocycles. The van der Waals surface area contributed by atoms with Gasteiger partial charge in [0.1, 0.15) is 22.8 Å². The van der Waals surface area contributed by atoms with Crippen LogP contribution in [-0.4, -0.2) is 27.5 Å². The van der Waals surface area contributed by atoms with Crippen molar-refractivity contribution in [2.45, 2.75) is 53.1 Å². The average molecular weight is 285 g/mol. The van der Waals surface area contributed by atoms with Crippen molar-refractivity contribution in [1.29, 1.82) is 0 Å². The summed E-state index contributed by atoms with van der Waals surface area (Å²) in [5.41, 5.74) is 0.476. The van der Waals surface area contributed by atoms with E-state index in [0.29, 0.717) is 16.8 Å². The molecule has 1 amide bonds. The Bertz CT molecular complexity index is 482. The van der Waals surface area contributed by atoms with Crippen LogP contribution < -0.4 is 10.6 Å². The van der Waals surface area contributed by atoms with Crippen LogP contribution in [0, 0.1) is 13.8 Å². The maximum Gasteiger partial charge on any atom is 0.242 e. The number of rotatable bonds is 3. The fourth-order valence-electron chi connectivity index (χ4n) is 1.48. The third kappa shape index (κ3) is 4.67. The Morgan fingerprint density at radius 2 is 1.84 bits per heavy atom. The Balaban J connectivity index is 2.83. The van der Waals surface area contributed by atoms with E-state index in [0.717, 1.165) is 5.56 Å². The van der Waals surface area contributed by atoms with Crippen molar-refractivity contribution in [2.75, 3.05) is 5.32 Å². The molecule has 0 saturated heterocycles. The molecule has 106 valence electrons. The quantitative estimate of drug-likeness (QED) is 0.837. The third-order valence-electron chi connectivity index (χ3n) is 2.44. The third-order valence-corrected chi connectivity index (χ3v) is 2.81. The minimum absolute atomic E-state index is 0.0840. The standard InChI is InChI=1S/C13H21ClN4O/c1-7-10(14)16-9(3)17-11(7)15-8(2)12(19)18-13(4,5)6/h8H,1-6H3,(H,18,19)(H,15,16,17). The molecule has 0 radical (unpaired) electrons. The summed E-state index contributed by atoms with van der Waals surface area (Å²) in [4.78, 5) is 20.3. The van der Waals surface area contributed by atoms with Crippen molar-refractivity contribution in [3.63, 3.8) is 0 Å². The van der Waals surface area contributed by atoms with Crippen LogP contribution in [0.15, 0.2) is 0 Å². The number of nitrogens with one attached hydrogen (secondary N) is 2. The number of aryl methyl sites for hydroxylation is 1. The number of hydrogen-bond acceptors (Lipinski definition) is 4. The van der Waals surface area contributed by atoms with Gasteiger partial charge in [-0.1, -0.05) is 11.6 Å². The van der Waals surface area contributed by atoms with Crippen LogP contribution in [-0.2, 0) is 4.79 Å². The average Bonchev–Trinajstić information content (AvgIpc) is 2.22. The van der Waals surface area contributed by atoms with Crippen molar-refractivity contribution >= 4 is 23.3 Å². The molecule has 2 N–H and O–H groups in total. The molecule has 1 heterocycles. The van der Waals surface area contributed by atoms with Gasteiger partial charge in [-0.15, -0.1) is 0 Å². The van der Waals surface area contributed by atoms with Gasteiger partial charge in [0.25, 0.3) is 0 Å². The van der Waals surface area contributed by atoms with E-state index in [-0.39, 0.29) is 11.4 Å². The summed E-state index contributed by atoms with van der Waals surface area (Å²) in [7, 11) is 0. The van der Waals surface area contributed by atoms with Crippen LogP contribution >= 0.6 is 11.6 Å². The molecule has 1 unspecified atom stereocenters. The largest absolute Gasteiger partial charge is 0.358 e. The zero-order valence-corrected chi connectivity index (χ0v) is 13.0. The van der Waals surface area contributed by atoms with Crippen LogP contribution in [0.1, 0.15) is 39.1 Å².